The van der Waals surface area contributed by atoms with Crippen molar-refractivity contribution >= 4 is 16.7 Å². The summed E-state index contributed by atoms with van der Waals surface area (Å²) in [5, 5.41) is 8.47. The summed E-state index contributed by atoms with van der Waals surface area (Å²) in [6.45, 7) is 0.614. The van der Waals surface area contributed by atoms with E-state index in [1.54, 1.807) is 12.1 Å². The van der Waals surface area contributed by atoms with Crippen molar-refractivity contribution in [2.45, 2.75) is 25.7 Å². The van der Waals surface area contributed by atoms with E-state index in [1.807, 2.05) is 30.3 Å². The highest BCUT2D eigenvalue weighted by Gasteiger charge is 2.39. The summed E-state index contributed by atoms with van der Waals surface area (Å²) in [4.78, 5) is 12.4. The highest BCUT2D eigenvalue weighted by Crippen LogP contribution is 2.34. The second-order valence-corrected chi connectivity index (χ2v) is 6.62. The third kappa shape index (κ3) is 3.60. The van der Waals surface area contributed by atoms with Crippen molar-refractivity contribution in [1.82, 2.24) is 15.1 Å². The molecule has 1 aliphatic heterocycles. The van der Waals surface area contributed by atoms with E-state index in [9.17, 15) is 18.0 Å². The molecule has 2 heterocycles. The van der Waals surface area contributed by atoms with Crippen molar-refractivity contribution in [2.24, 2.45) is 0 Å². The number of carbonyl (C=O) groups is 1. The third-order valence-corrected chi connectivity index (χ3v) is 4.79. The van der Waals surface area contributed by atoms with Crippen LogP contribution in [0.3, 0.4) is 0 Å². The lowest BCUT2D eigenvalue weighted by molar-refractivity contribution is -0.142. The smallest absolute Gasteiger partial charge is 0.376 e. The van der Waals surface area contributed by atoms with Gasteiger partial charge in [0, 0.05) is 29.8 Å². The molecule has 146 valence electrons. The maximum Gasteiger partial charge on any atom is 0.435 e. The minimum atomic E-state index is -4.52. The molecule has 0 saturated heterocycles. The van der Waals surface area contributed by atoms with Crippen LogP contribution in [0.25, 0.3) is 10.8 Å². The van der Waals surface area contributed by atoms with E-state index in [0.717, 1.165) is 10.8 Å². The Labute approximate surface area is 159 Å². The topological polar surface area (TPSA) is 56.2 Å². The quantitative estimate of drug-likeness (QED) is 0.742. The number of carbonyl (C=O) groups excluding carboxylic acids is 1. The summed E-state index contributed by atoms with van der Waals surface area (Å²) in [7, 11) is 0. The largest absolute Gasteiger partial charge is 0.435 e. The lowest BCUT2D eigenvalue weighted by atomic mass is 10.1. The lowest BCUT2D eigenvalue weighted by Gasteiger charge is -2.15. The lowest BCUT2D eigenvalue weighted by Crippen LogP contribution is -2.28. The summed E-state index contributed by atoms with van der Waals surface area (Å²) < 4.78 is 46.1. The second-order valence-electron chi connectivity index (χ2n) is 6.62. The molecule has 1 aliphatic rings. The van der Waals surface area contributed by atoms with E-state index in [4.69, 9.17) is 4.74 Å². The highest BCUT2D eigenvalue weighted by atomic mass is 19.4. The number of halogens is 3. The Kier molecular flexibility index (Phi) is 4.80. The van der Waals surface area contributed by atoms with Gasteiger partial charge in [-0.25, -0.2) is 0 Å². The van der Waals surface area contributed by atoms with Crippen LogP contribution in [0.15, 0.2) is 42.5 Å². The van der Waals surface area contributed by atoms with Gasteiger partial charge in [-0.15, -0.1) is 0 Å². The minimum Gasteiger partial charge on any atom is -0.376 e. The molecule has 0 spiro atoms. The minimum absolute atomic E-state index is 0.0897. The first-order valence-electron chi connectivity index (χ1n) is 8.94. The average molecular weight is 389 g/mol. The van der Waals surface area contributed by atoms with Crippen molar-refractivity contribution in [3.8, 4) is 0 Å². The molecule has 3 aromatic rings. The van der Waals surface area contributed by atoms with Gasteiger partial charge in [0.05, 0.1) is 19.8 Å². The summed E-state index contributed by atoms with van der Waals surface area (Å²) in [6, 6.07) is 13.1. The number of benzene rings is 2. The van der Waals surface area contributed by atoms with Gasteiger partial charge in [-0.1, -0.05) is 30.3 Å². The van der Waals surface area contributed by atoms with Crippen LogP contribution in [0.4, 0.5) is 13.2 Å². The molecular formula is C20H18F3N3O2. The molecule has 1 amide bonds. The Morgan fingerprint density at radius 3 is 2.75 bits per heavy atom. The molecule has 0 aliphatic carbocycles. The van der Waals surface area contributed by atoms with Crippen LogP contribution >= 0.6 is 0 Å². The average Bonchev–Trinajstić information content (AvgIpc) is 3.07. The molecule has 28 heavy (non-hydrogen) atoms. The van der Waals surface area contributed by atoms with Gasteiger partial charge < -0.3 is 10.1 Å². The number of hydrogen-bond acceptors (Lipinski definition) is 3. The van der Waals surface area contributed by atoms with Crippen LogP contribution in [0.5, 0.6) is 0 Å². The number of fused-ring (bicyclic) bond motifs is 2. The van der Waals surface area contributed by atoms with Crippen LogP contribution < -0.4 is 5.32 Å². The van der Waals surface area contributed by atoms with Gasteiger partial charge in [0.2, 0.25) is 0 Å². The van der Waals surface area contributed by atoms with E-state index in [0.29, 0.717) is 24.3 Å². The Morgan fingerprint density at radius 1 is 1.18 bits per heavy atom. The van der Waals surface area contributed by atoms with E-state index in [1.165, 1.54) is 4.68 Å². The van der Waals surface area contributed by atoms with Gasteiger partial charge in [0.1, 0.15) is 0 Å². The fourth-order valence-electron chi connectivity index (χ4n) is 3.43. The summed E-state index contributed by atoms with van der Waals surface area (Å²) in [5.74, 6) is -0.272. The molecule has 0 saturated carbocycles. The zero-order valence-corrected chi connectivity index (χ0v) is 14.9. The van der Waals surface area contributed by atoms with Gasteiger partial charge in [0.25, 0.3) is 5.91 Å². The van der Waals surface area contributed by atoms with Crippen LogP contribution in [-0.2, 0) is 30.5 Å². The van der Waals surface area contributed by atoms with Crippen LogP contribution in [0.1, 0.15) is 27.3 Å². The third-order valence-electron chi connectivity index (χ3n) is 4.79. The van der Waals surface area contributed by atoms with E-state index >= 15 is 0 Å². The van der Waals surface area contributed by atoms with Crippen LogP contribution in [0, 0.1) is 0 Å². The summed E-state index contributed by atoms with van der Waals surface area (Å²) in [6.07, 6.45) is -4.15. The molecule has 5 nitrogen and oxygen atoms in total. The number of ether oxygens (including phenoxy) is 1. The molecular weight excluding hydrogens is 371 g/mol. The van der Waals surface area contributed by atoms with Crippen LogP contribution in [0.2, 0.25) is 0 Å². The number of nitrogens with zero attached hydrogens (tertiary/aromatic N) is 2. The summed E-state index contributed by atoms with van der Waals surface area (Å²) >= 11 is 0. The van der Waals surface area contributed by atoms with E-state index in [2.05, 4.69) is 10.4 Å². The molecule has 0 fully saturated rings. The number of amides is 1. The standard InChI is InChI=1S/C20H18F3N3O2/c21-20(22,23)18-16-12-28-10-7-17(16)26(25-18)9-8-24-19(27)15-6-5-13-3-1-2-4-14(13)11-15/h1-6,11H,7-10,12H2,(H,24,27). The molecule has 0 atom stereocenters. The molecule has 0 bridgehead atoms. The molecule has 4 rings (SSSR count). The highest BCUT2D eigenvalue weighted by molar-refractivity contribution is 5.98. The van der Waals surface area contributed by atoms with Crippen LogP contribution in [-0.4, -0.2) is 28.8 Å². The number of alkyl halides is 3. The van der Waals surface area contributed by atoms with E-state index in [-0.39, 0.29) is 31.2 Å². The zero-order chi connectivity index (χ0) is 19.7. The number of nitrogens with one attached hydrogen (secondary N) is 1. The normalized spacial score (nSPS) is 14.1. The second kappa shape index (κ2) is 7.27. The monoisotopic (exact) mass is 389 g/mol. The van der Waals surface area contributed by atoms with Gasteiger partial charge in [0.15, 0.2) is 5.69 Å². The molecule has 1 N–H and O–H groups in total. The summed E-state index contributed by atoms with van der Waals surface area (Å²) in [5.41, 5.74) is 0.228. The SMILES string of the molecule is O=C(NCCn1nc(C(F)(F)F)c2c1CCOC2)c1ccc2ccccc2c1. The van der Waals surface area contributed by atoms with Crippen molar-refractivity contribution in [1.29, 1.82) is 0 Å². The number of hydrogen-bond donors (Lipinski definition) is 1. The Bertz CT molecular complexity index is 1030. The van der Waals surface area contributed by atoms with Crippen molar-refractivity contribution < 1.29 is 22.7 Å². The Balaban J connectivity index is 1.46. The fourth-order valence-corrected chi connectivity index (χ4v) is 3.43. The Hall–Kier alpha value is -2.87. The first-order valence-corrected chi connectivity index (χ1v) is 8.94. The molecule has 8 heteroatoms. The van der Waals surface area contributed by atoms with E-state index < -0.39 is 11.9 Å². The van der Waals surface area contributed by atoms with Gasteiger partial charge in [-0.3, -0.25) is 9.48 Å². The van der Waals surface area contributed by atoms with Crippen molar-refractivity contribution in [3.63, 3.8) is 0 Å². The first kappa shape index (κ1) is 18.5. The first-order chi connectivity index (χ1) is 13.4. The van der Waals surface area contributed by atoms with Crippen molar-refractivity contribution in [2.75, 3.05) is 13.2 Å². The predicted molar refractivity (Wildman–Crippen MR) is 96.9 cm³/mol. The van der Waals surface area contributed by atoms with Gasteiger partial charge in [-0.05, 0) is 22.9 Å². The predicted octanol–water partition coefficient (Wildman–Crippen LogP) is 3.56. The molecule has 2 aromatic carbocycles. The fraction of sp³-hybridized carbons (Fsp3) is 0.300. The maximum absolute atomic E-state index is 13.2. The number of rotatable bonds is 4. The van der Waals surface area contributed by atoms with Gasteiger partial charge >= 0.3 is 6.18 Å². The molecule has 0 radical (unpaired) electrons. The number of aromatic nitrogens is 2. The maximum atomic E-state index is 13.2. The Morgan fingerprint density at radius 2 is 1.96 bits per heavy atom. The van der Waals surface area contributed by atoms with Gasteiger partial charge in [-0.2, -0.15) is 18.3 Å². The zero-order valence-electron chi connectivity index (χ0n) is 14.9. The molecule has 0 unspecified atom stereocenters. The molecule has 1 aromatic heterocycles. The van der Waals surface area contributed by atoms with Crippen molar-refractivity contribution in [3.05, 3.63) is 65.0 Å².